The number of rotatable bonds is 3. The Labute approximate surface area is 161 Å². The van der Waals surface area contributed by atoms with E-state index in [4.69, 9.17) is 0 Å². The Kier molecular flexibility index (Phi) is 6.67. The molecule has 0 spiro atoms. The first-order valence-corrected chi connectivity index (χ1v) is 8.26. The van der Waals surface area contributed by atoms with Crippen LogP contribution in [0.3, 0.4) is 0 Å². The van der Waals surface area contributed by atoms with Gasteiger partial charge in [-0.3, -0.25) is 4.79 Å². The van der Waals surface area contributed by atoms with Crippen LogP contribution in [0.4, 0.5) is 24.7 Å². The van der Waals surface area contributed by atoms with Gasteiger partial charge in [0.25, 0.3) is 5.91 Å². The van der Waals surface area contributed by atoms with Gasteiger partial charge in [-0.1, -0.05) is 6.07 Å². The molecule has 1 fully saturated rings. The zero-order chi connectivity index (χ0) is 18.7. The molecule has 146 valence electrons. The summed E-state index contributed by atoms with van der Waals surface area (Å²) in [5, 5.41) is 6.10. The molecule has 0 radical (unpaired) electrons. The minimum Gasteiger partial charge on any atom is -0.340 e. The maximum atomic E-state index is 12.9. The first kappa shape index (κ1) is 21.0. The highest BCUT2D eigenvalue weighted by Crippen LogP contribution is 2.31. The molecule has 1 amide bonds. The van der Waals surface area contributed by atoms with Crippen LogP contribution in [0.5, 0.6) is 0 Å². The van der Waals surface area contributed by atoms with E-state index in [9.17, 15) is 18.0 Å². The molecule has 9 heteroatoms. The van der Waals surface area contributed by atoms with Gasteiger partial charge in [0, 0.05) is 37.6 Å². The highest BCUT2D eigenvalue weighted by Gasteiger charge is 2.30. The van der Waals surface area contributed by atoms with Crippen LogP contribution in [0.1, 0.15) is 22.8 Å². The molecule has 1 aromatic carbocycles. The smallest absolute Gasteiger partial charge is 0.340 e. The Balaban J connectivity index is 0.00000261. The maximum absolute atomic E-state index is 12.9. The first-order valence-electron chi connectivity index (χ1n) is 8.26. The Morgan fingerprint density at radius 1 is 1.30 bits per heavy atom. The lowest BCUT2D eigenvalue weighted by molar-refractivity contribution is -0.137. The van der Waals surface area contributed by atoms with Gasteiger partial charge in [0.15, 0.2) is 0 Å². The molecule has 0 bridgehead atoms. The number of pyridine rings is 1. The standard InChI is InChI=1S/C18H19F3N4O.ClH/c1-12-11-25(9-8-22-12)17(26)15-6-3-7-23-16(15)24-14-5-2-4-13(10-14)18(19,20)21;/h2-7,10,12,22H,8-9,11H2,1H3,(H,23,24);1H. The van der Waals surface area contributed by atoms with Crippen LogP contribution in [-0.4, -0.2) is 41.5 Å². The SMILES string of the molecule is CC1CN(C(=O)c2cccnc2Nc2cccc(C(F)(F)F)c2)CCN1.Cl. The average molecular weight is 401 g/mol. The van der Waals surface area contributed by atoms with Crippen LogP contribution in [0.15, 0.2) is 42.6 Å². The Hall–Kier alpha value is -2.32. The fraction of sp³-hybridized carbons (Fsp3) is 0.333. The van der Waals surface area contributed by atoms with Crippen molar-refractivity contribution in [3.05, 3.63) is 53.7 Å². The van der Waals surface area contributed by atoms with E-state index in [-0.39, 0.29) is 35.9 Å². The maximum Gasteiger partial charge on any atom is 0.416 e. The van der Waals surface area contributed by atoms with Gasteiger partial charge in [-0.15, -0.1) is 12.4 Å². The highest BCUT2D eigenvalue weighted by molar-refractivity contribution is 5.99. The van der Waals surface area contributed by atoms with Crippen molar-refractivity contribution in [2.75, 3.05) is 25.0 Å². The lowest BCUT2D eigenvalue weighted by Gasteiger charge is -2.32. The van der Waals surface area contributed by atoms with Gasteiger partial charge < -0.3 is 15.5 Å². The van der Waals surface area contributed by atoms with Gasteiger partial charge in [-0.2, -0.15) is 13.2 Å². The van der Waals surface area contributed by atoms with Crippen LogP contribution in [-0.2, 0) is 6.18 Å². The third-order valence-electron chi connectivity index (χ3n) is 4.15. The predicted octanol–water partition coefficient (Wildman–Crippen LogP) is 3.70. The zero-order valence-electron chi connectivity index (χ0n) is 14.6. The molecule has 2 N–H and O–H groups in total. The van der Waals surface area contributed by atoms with E-state index in [0.29, 0.717) is 25.2 Å². The molecule has 2 aromatic rings. The first-order chi connectivity index (χ1) is 12.3. The molecule has 1 aliphatic rings. The number of nitrogens with one attached hydrogen (secondary N) is 2. The van der Waals surface area contributed by atoms with Gasteiger partial charge in [-0.05, 0) is 37.3 Å². The van der Waals surface area contributed by atoms with Crippen molar-refractivity contribution in [3.8, 4) is 0 Å². The second-order valence-electron chi connectivity index (χ2n) is 6.21. The Morgan fingerprint density at radius 2 is 2.07 bits per heavy atom. The number of benzene rings is 1. The number of nitrogens with zero attached hydrogens (tertiary/aromatic N) is 2. The second-order valence-corrected chi connectivity index (χ2v) is 6.21. The summed E-state index contributed by atoms with van der Waals surface area (Å²) in [5.41, 5.74) is -0.206. The molecular weight excluding hydrogens is 381 g/mol. The molecule has 27 heavy (non-hydrogen) atoms. The number of carbonyl (C=O) groups excluding carboxylic acids is 1. The van der Waals surface area contributed by atoms with E-state index in [1.807, 2.05) is 6.92 Å². The molecule has 1 atom stereocenters. The summed E-state index contributed by atoms with van der Waals surface area (Å²) in [4.78, 5) is 18.7. The summed E-state index contributed by atoms with van der Waals surface area (Å²) in [7, 11) is 0. The van der Waals surface area contributed by atoms with Crippen molar-refractivity contribution in [1.29, 1.82) is 0 Å². The summed E-state index contributed by atoms with van der Waals surface area (Å²) in [6.45, 7) is 3.83. The van der Waals surface area contributed by atoms with Crippen LogP contribution in [0.25, 0.3) is 0 Å². The van der Waals surface area contributed by atoms with Crippen LogP contribution >= 0.6 is 12.4 Å². The zero-order valence-corrected chi connectivity index (χ0v) is 15.4. The number of carbonyl (C=O) groups is 1. The lowest BCUT2D eigenvalue weighted by Crippen LogP contribution is -2.51. The quantitative estimate of drug-likeness (QED) is 0.824. The number of anilines is 2. The number of alkyl halides is 3. The molecule has 0 saturated carbocycles. The third kappa shape index (κ3) is 5.11. The Morgan fingerprint density at radius 3 is 2.78 bits per heavy atom. The molecule has 1 unspecified atom stereocenters. The molecule has 3 rings (SSSR count). The average Bonchev–Trinajstić information content (AvgIpc) is 2.61. The van der Waals surface area contributed by atoms with Crippen molar-refractivity contribution >= 4 is 29.8 Å². The fourth-order valence-corrected chi connectivity index (χ4v) is 2.87. The van der Waals surface area contributed by atoms with Crippen LogP contribution in [0, 0.1) is 0 Å². The summed E-state index contributed by atoms with van der Waals surface area (Å²) >= 11 is 0. The summed E-state index contributed by atoms with van der Waals surface area (Å²) in [6.07, 6.45) is -2.94. The monoisotopic (exact) mass is 400 g/mol. The number of hydrogen-bond acceptors (Lipinski definition) is 4. The normalized spacial score (nSPS) is 17.2. The molecule has 1 aromatic heterocycles. The number of hydrogen-bond donors (Lipinski definition) is 2. The molecule has 1 aliphatic heterocycles. The van der Waals surface area contributed by atoms with Crippen molar-refractivity contribution in [2.24, 2.45) is 0 Å². The number of halogens is 4. The number of piperazine rings is 1. The largest absolute Gasteiger partial charge is 0.416 e. The number of aromatic nitrogens is 1. The summed E-state index contributed by atoms with van der Waals surface area (Å²) in [5.74, 6) is 0.0453. The van der Waals surface area contributed by atoms with Crippen molar-refractivity contribution < 1.29 is 18.0 Å². The van der Waals surface area contributed by atoms with Crippen LogP contribution in [0.2, 0.25) is 0 Å². The van der Waals surface area contributed by atoms with Gasteiger partial charge in [0.2, 0.25) is 0 Å². The molecular formula is C18H20ClF3N4O. The Bertz CT molecular complexity index is 800. The van der Waals surface area contributed by atoms with Gasteiger partial charge >= 0.3 is 6.18 Å². The van der Waals surface area contributed by atoms with E-state index in [1.165, 1.54) is 18.3 Å². The fourth-order valence-electron chi connectivity index (χ4n) is 2.87. The van der Waals surface area contributed by atoms with Gasteiger partial charge in [-0.25, -0.2) is 4.98 Å². The highest BCUT2D eigenvalue weighted by atomic mass is 35.5. The van der Waals surface area contributed by atoms with E-state index in [2.05, 4.69) is 15.6 Å². The van der Waals surface area contributed by atoms with Crippen molar-refractivity contribution in [2.45, 2.75) is 19.1 Å². The predicted molar refractivity (Wildman–Crippen MR) is 99.6 cm³/mol. The summed E-state index contributed by atoms with van der Waals surface area (Å²) in [6, 6.07) is 8.25. The minimum atomic E-state index is -4.43. The van der Waals surface area contributed by atoms with E-state index >= 15 is 0 Å². The molecule has 0 aliphatic carbocycles. The third-order valence-corrected chi connectivity index (χ3v) is 4.15. The topological polar surface area (TPSA) is 57.3 Å². The molecule has 5 nitrogen and oxygen atoms in total. The van der Waals surface area contributed by atoms with Crippen molar-refractivity contribution in [1.82, 2.24) is 15.2 Å². The van der Waals surface area contributed by atoms with E-state index in [0.717, 1.165) is 12.1 Å². The lowest BCUT2D eigenvalue weighted by atomic mass is 10.1. The minimum absolute atomic E-state index is 0. The molecule has 1 saturated heterocycles. The second kappa shape index (κ2) is 8.58. The van der Waals surface area contributed by atoms with Crippen molar-refractivity contribution in [3.63, 3.8) is 0 Å². The van der Waals surface area contributed by atoms with Crippen LogP contribution < -0.4 is 10.6 Å². The molecule has 2 heterocycles. The van der Waals surface area contributed by atoms with Gasteiger partial charge in [0.05, 0.1) is 11.1 Å². The van der Waals surface area contributed by atoms with E-state index in [1.54, 1.807) is 17.0 Å². The summed E-state index contributed by atoms with van der Waals surface area (Å²) < 4.78 is 38.7. The van der Waals surface area contributed by atoms with Gasteiger partial charge in [0.1, 0.15) is 5.82 Å². The van der Waals surface area contributed by atoms with E-state index < -0.39 is 11.7 Å². The number of amides is 1.